The number of hydrogen-bond acceptors (Lipinski definition) is 3. The molecule has 13 heavy (non-hydrogen) atoms. The zero-order valence-electron chi connectivity index (χ0n) is 7.09. The maximum atomic E-state index is 13.0. The number of nitrogens with two attached hydrogens (primary N) is 1. The lowest BCUT2D eigenvalue weighted by molar-refractivity contribution is 0.202. The summed E-state index contributed by atoms with van der Waals surface area (Å²) in [5.41, 5.74) is 4.09. The minimum absolute atomic E-state index is 0.142. The molecule has 3 N–H and O–H groups in total. The van der Waals surface area contributed by atoms with Crippen molar-refractivity contribution in [2.75, 3.05) is 6.61 Å². The van der Waals surface area contributed by atoms with Crippen LogP contribution in [-0.4, -0.2) is 16.7 Å². The maximum absolute atomic E-state index is 13.0. The minimum Gasteiger partial charge on any atom is -0.394 e. The molecule has 0 unspecified atom stereocenters. The first kappa shape index (κ1) is 10.0. The van der Waals surface area contributed by atoms with Gasteiger partial charge in [-0.3, -0.25) is 4.98 Å². The molecule has 1 atom stereocenters. The average Bonchev–Trinajstić information content (AvgIpc) is 2.03. The second kappa shape index (κ2) is 3.35. The Bertz CT molecular complexity index is 315. The van der Waals surface area contributed by atoms with Gasteiger partial charge in [0.2, 0.25) is 0 Å². The second-order valence-corrected chi connectivity index (χ2v) is 3.06. The first-order chi connectivity index (χ1) is 5.97. The normalized spacial score (nSPS) is 15.5. The highest BCUT2D eigenvalue weighted by Crippen LogP contribution is 2.18. The standard InChI is InChI=1S/C8H10F2N2O/c1-8(11,4-13)7-6(10)2-5(9)3-12-7/h2-3,13H,4,11H2,1H3/t8-/m1/s1. The third kappa shape index (κ3) is 1.99. The molecule has 1 rings (SSSR count). The Morgan fingerprint density at radius 3 is 2.69 bits per heavy atom. The molecule has 0 aromatic carbocycles. The largest absolute Gasteiger partial charge is 0.394 e. The quantitative estimate of drug-likeness (QED) is 0.711. The Labute approximate surface area is 74.2 Å². The molecule has 72 valence electrons. The van der Waals surface area contributed by atoms with Crippen molar-refractivity contribution in [3.05, 3.63) is 29.6 Å². The van der Waals surface area contributed by atoms with E-state index in [0.717, 1.165) is 6.20 Å². The fraction of sp³-hybridized carbons (Fsp3) is 0.375. The molecule has 0 saturated carbocycles. The highest BCUT2D eigenvalue weighted by molar-refractivity contribution is 5.17. The van der Waals surface area contributed by atoms with E-state index in [1.54, 1.807) is 0 Å². The summed E-state index contributed by atoms with van der Waals surface area (Å²) in [5, 5.41) is 8.82. The molecule has 1 aromatic rings. The molecule has 0 aliphatic heterocycles. The molecule has 0 aliphatic rings. The fourth-order valence-electron chi connectivity index (χ4n) is 0.910. The van der Waals surface area contributed by atoms with Crippen LogP contribution in [0, 0.1) is 11.6 Å². The SMILES string of the molecule is C[C@@](N)(CO)c1ncc(F)cc1F. The van der Waals surface area contributed by atoms with E-state index in [2.05, 4.69) is 4.98 Å². The Balaban J connectivity index is 3.16. The van der Waals surface area contributed by atoms with Crippen molar-refractivity contribution in [3.8, 4) is 0 Å². The molecule has 3 nitrogen and oxygen atoms in total. The lowest BCUT2D eigenvalue weighted by Crippen LogP contribution is -2.38. The van der Waals surface area contributed by atoms with Crippen LogP contribution in [0.3, 0.4) is 0 Å². The molecule has 0 aliphatic carbocycles. The topological polar surface area (TPSA) is 59.1 Å². The zero-order chi connectivity index (χ0) is 10.1. The van der Waals surface area contributed by atoms with Gasteiger partial charge in [-0.1, -0.05) is 0 Å². The summed E-state index contributed by atoms with van der Waals surface area (Å²) in [4.78, 5) is 3.49. The van der Waals surface area contributed by atoms with Crippen LogP contribution in [0.2, 0.25) is 0 Å². The van der Waals surface area contributed by atoms with Crippen molar-refractivity contribution in [2.45, 2.75) is 12.5 Å². The number of halogens is 2. The molecular formula is C8H10F2N2O. The van der Waals surface area contributed by atoms with Crippen molar-refractivity contribution in [1.29, 1.82) is 0 Å². The molecule has 0 fully saturated rings. The summed E-state index contributed by atoms with van der Waals surface area (Å²) in [5.74, 6) is -1.62. The van der Waals surface area contributed by atoms with Crippen LogP contribution in [0.15, 0.2) is 12.3 Å². The van der Waals surface area contributed by atoms with Crippen LogP contribution < -0.4 is 5.73 Å². The van der Waals surface area contributed by atoms with Gasteiger partial charge in [0, 0.05) is 6.07 Å². The molecule has 0 amide bonds. The molecule has 5 heteroatoms. The highest BCUT2D eigenvalue weighted by Gasteiger charge is 2.25. The number of rotatable bonds is 2. The van der Waals surface area contributed by atoms with E-state index < -0.39 is 23.8 Å². The lowest BCUT2D eigenvalue weighted by atomic mass is 9.99. The first-order valence-electron chi connectivity index (χ1n) is 3.68. The average molecular weight is 188 g/mol. The number of nitrogens with zero attached hydrogens (tertiary/aromatic N) is 1. The monoisotopic (exact) mass is 188 g/mol. The number of aliphatic hydroxyl groups is 1. The summed E-state index contributed by atoms with van der Waals surface area (Å²) in [6, 6.07) is 0.684. The molecule has 1 heterocycles. The molecule has 1 aromatic heterocycles. The molecule has 0 radical (unpaired) electrons. The van der Waals surface area contributed by atoms with Gasteiger partial charge in [-0.25, -0.2) is 8.78 Å². The summed E-state index contributed by atoms with van der Waals surface area (Å²) in [7, 11) is 0. The van der Waals surface area contributed by atoms with Crippen LogP contribution in [0.25, 0.3) is 0 Å². The first-order valence-corrected chi connectivity index (χ1v) is 3.68. The van der Waals surface area contributed by atoms with Gasteiger partial charge in [0.05, 0.1) is 24.0 Å². The summed E-state index contributed by atoms with van der Waals surface area (Å²) >= 11 is 0. The number of aromatic nitrogens is 1. The van der Waals surface area contributed by atoms with E-state index in [9.17, 15) is 8.78 Å². The van der Waals surface area contributed by atoms with Gasteiger partial charge in [0.25, 0.3) is 0 Å². The van der Waals surface area contributed by atoms with Gasteiger partial charge < -0.3 is 10.8 Å². The zero-order valence-corrected chi connectivity index (χ0v) is 7.09. The Kier molecular flexibility index (Phi) is 2.58. The summed E-state index contributed by atoms with van der Waals surface area (Å²) < 4.78 is 25.5. The van der Waals surface area contributed by atoms with E-state index in [1.165, 1.54) is 6.92 Å². The number of pyridine rings is 1. The predicted molar refractivity (Wildman–Crippen MR) is 42.8 cm³/mol. The third-order valence-electron chi connectivity index (χ3n) is 1.68. The molecular weight excluding hydrogens is 178 g/mol. The van der Waals surface area contributed by atoms with Crippen LogP contribution >= 0.6 is 0 Å². The molecule has 0 bridgehead atoms. The lowest BCUT2D eigenvalue weighted by Gasteiger charge is -2.21. The van der Waals surface area contributed by atoms with Gasteiger partial charge in [-0.15, -0.1) is 0 Å². The fourth-order valence-corrected chi connectivity index (χ4v) is 0.910. The predicted octanol–water partition coefficient (Wildman–Crippen LogP) is 0.526. The van der Waals surface area contributed by atoms with Gasteiger partial charge in [0.15, 0.2) is 0 Å². The third-order valence-corrected chi connectivity index (χ3v) is 1.68. The van der Waals surface area contributed by atoms with E-state index in [0.29, 0.717) is 6.07 Å². The number of hydrogen-bond donors (Lipinski definition) is 2. The molecule has 0 spiro atoms. The molecule has 0 saturated heterocycles. The second-order valence-electron chi connectivity index (χ2n) is 3.06. The van der Waals surface area contributed by atoms with Gasteiger partial charge in [-0.05, 0) is 6.92 Å². The van der Waals surface area contributed by atoms with Crippen molar-refractivity contribution < 1.29 is 13.9 Å². The highest BCUT2D eigenvalue weighted by atomic mass is 19.1. The van der Waals surface area contributed by atoms with E-state index in [4.69, 9.17) is 10.8 Å². The van der Waals surface area contributed by atoms with Crippen molar-refractivity contribution in [1.82, 2.24) is 4.98 Å². The van der Waals surface area contributed by atoms with E-state index in [1.807, 2.05) is 0 Å². The van der Waals surface area contributed by atoms with Gasteiger partial charge in [0.1, 0.15) is 11.6 Å². The van der Waals surface area contributed by atoms with E-state index >= 15 is 0 Å². The van der Waals surface area contributed by atoms with Crippen LogP contribution in [0.1, 0.15) is 12.6 Å². The van der Waals surface area contributed by atoms with Crippen LogP contribution in [-0.2, 0) is 5.54 Å². The minimum atomic E-state index is -1.28. The van der Waals surface area contributed by atoms with Crippen LogP contribution in [0.5, 0.6) is 0 Å². The van der Waals surface area contributed by atoms with Gasteiger partial charge >= 0.3 is 0 Å². The maximum Gasteiger partial charge on any atom is 0.149 e. The Morgan fingerprint density at radius 1 is 1.62 bits per heavy atom. The van der Waals surface area contributed by atoms with Crippen molar-refractivity contribution in [3.63, 3.8) is 0 Å². The summed E-state index contributed by atoms with van der Waals surface area (Å²) in [6.07, 6.45) is 0.860. The van der Waals surface area contributed by atoms with Gasteiger partial charge in [-0.2, -0.15) is 0 Å². The Morgan fingerprint density at radius 2 is 2.23 bits per heavy atom. The number of aliphatic hydroxyl groups excluding tert-OH is 1. The smallest absolute Gasteiger partial charge is 0.149 e. The van der Waals surface area contributed by atoms with Crippen molar-refractivity contribution >= 4 is 0 Å². The van der Waals surface area contributed by atoms with Crippen molar-refractivity contribution in [2.24, 2.45) is 5.73 Å². The van der Waals surface area contributed by atoms with E-state index in [-0.39, 0.29) is 5.69 Å². The Hall–Kier alpha value is -1.07. The van der Waals surface area contributed by atoms with Crippen LogP contribution in [0.4, 0.5) is 8.78 Å². The summed E-state index contributed by atoms with van der Waals surface area (Å²) in [6.45, 7) is 0.957.